The van der Waals surface area contributed by atoms with Crippen LogP contribution in [0.2, 0.25) is 0 Å². The zero-order valence-electron chi connectivity index (χ0n) is 9.98. The molecular weight excluding hydrogens is 240 g/mol. The van der Waals surface area contributed by atoms with Gasteiger partial charge in [-0.05, 0) is 43.0 Å². The molecule has 0 spiro atoms. The summed E-state index contributed by atoms with van der Waals surface area (Å²) in [4.78, 5) is 0. The van der Waals surface area contributed by atoms with Crippen LogP contribution in [0.15, 0.2) is 24.3 Å². The van der Waals surface area contributed by atoms with Crippen molar-refractivity contribution < 1.29 is 18.6 Å². The maximum Gasteiger partial charge on any atom is 0.387 e. The number of halogens is 2. The standard InChI is InChI=1S/C13H17F2NO2/c14-13(15)18-11-5-3-10(4-6-11)12(8-17)16-7-9-1-2-9/h3-6,9,12-13,16-17H,1-2,7-8H2. The number of hydrogen-bond acceptors (Lipinski definition) is 3. The number of aliphatic hydroxyl groups excluding tert-OH is 1. The first-order chi connectivity index (χ1) is 8.69. The van der Waals surface area contributed by atoms with Gasteiger partial charge in [0.25, 0.3) is 0 Å². The van der Waals surface area contributed by atoms with Crippen molar-refractivity contribution in [2.45, 2.75) is 25.5 Å². The molecule has 2 rings (SSSR count). The molecule has 1 aromatic rings. The molecule has 5 heteroatoms. The molecule has 18 heavy (non-hydrogen) atoms. The summed E-state index contributed by atoms with van der Waals surface area (Å²) in [7, 11) is 0. The van der Waals surface area contributed by atoms with Crippen molar-refractivity contribution in [3.05, 3.63) is 29.8 Å². The highest BCUT2D eigenvalue weighted by Gasteiger charge is 2.22. The smallest absolute Gasteiger partial charge is 0.387 e. The predicted octanol–water partition coefficient (Wildman–Crippen LogP) is 2.32. The SMILES string of the molecule is OCC(NCC1CC1)c1ccc(OC(F)F)cc1. The third-order valence-electron chi connectivity index (χ3n) is 3.04. The van der Waals surface area contributed by atoms with Gasteiger partial charge in [-0.2, -0.15) is 8.78 Å². The summed E-state index contributed by atoms with van der Waals surface area (Å²) in [6, 6.07) is 6.22. The minimum Gasteiger partial charge on any atom is -0.435 e. The fourth-order valence-electron chi connectivity index (χ4n) is 1.80. The van der Waals surface area contributed by atoms with Crippen molar-refractivity contribution >= 4 is 0 Å². The monoisotopic (exact) mass is 257 g/mol. The second-order valence-corrected chi connectivity index (χ2v) is 4.53. The molecule has 1 unspecified atom stereocenters. The van der Waals surface area contributed by atoms with Crippen molar-refractivity contribution in [3.8, 4) is 5.75 Å². The Morgan fingerprint density at radius 3 is 2.44 bits per heavy atom. The van der Waals surface area contributed by atoms with Gasteiger partial charge in [-0.1, -0.05) is 12.1 Å². The van der Waals surface area contributed by atoms with Gasteiger partial charge in [-0.15, -0.1) is 0 Å². The highest BCUT2D eigenvalue weighted by Crippen LogP contribution is 2.28. The largest absolute Gasteiger partial charge is 0.435 e. The van der Waals surface area contributed by atoms with Gasteiger partial charge < -0.3 is 15.2 Å². The molecule has 0 saturated heterocycles. The fraction of sp³-hybridized carbons (Fsp3) is 0.538. The molecule has 0 aromatic heterocycles. The lowest BCUT2D eigenvalue weighted by molar-refractivity contribution is -0.0498. The minimum absolute atomic E-state index is 0.0121. The van der Waals surface area contributed by atoms with E-state index in [2.05, 4.69) is 10.1 Å². The number of rotatable bonds is 7. The van der Waals surface area contributed by atoms with Crippen LogP contribution in [0.3, 0.4) is 0 Å². The fourth-order valence-corrected chi connectivity index (χ4v) is 1.80. The lowest BCUT2D eigenvalue weighted by Gasteiger charge is -2.17. The third-order valence-corrected chi connectivity index (χ3v) is 3.04. The molecule has 1 aliphatic carbocycles. The highest BCUT2D eigenvalue weighted by molar-refractivity contribution is 5.29. The van der Waals surface area contributed by atoms with E-state index in [0.29, 0.717) is 0 Å². The first-order valence-electron chi connectivity index (χ1n) is 6.08. The van der Waals surface area contributed by atoms with Crippen molar-refractivity contribution in [2.75, 3.05) is 13.2 Å². The van der Waals surface area contributed by atoms with E-state index in [-0.39, 0.29) is 18.4 Å². The summed E-state index contributed by atoms with van der Waals surface area (Å²) >= 11 is 0. The number of nitrogens with one attached hydrogen (secondary N) is 1. The van der Waals surface area contributed by atoms with Crippen molar-refractivity contribution in [1.82, 2.24) is 5.32 Å². The minimum atomic E-state index is -2.81. The van der Waals surface area contributed by atoms with Crippen LogP contribution in [-0.4, -0.2) is 24.9 Å². The molecule has 0 bridgehead atoms. The molecule has 3 nitrogen and oxygen atoms in total. The quantitative estimate of drug-likeness (QED) is 0.787. The number of aliphatic hydroxyl groups is 1. The summed E-state index contributed by atoms with van der Waals surface area (Å²) in [5.41, 5.74) is 0.875. The van der Waals surface area contributed by atoms with Gasteiger partial charge in [-0.3, -0.25) is 0 Å². The van der Waals surface area contributed by atoms with E-state index in [9.17, 15) is 13.9 Å². The maximum absolute atomic E-state index is 12.0. The van der Waals surface area contributed by atoms with Crippen LogP contribution >= 0.6 is 0 Å². The average Bonchev–Trinajstić information content (AvgIpc) is 3.15. The van der Waals surface area contributed by atoms with Crippen LogP contribution in [0.5, 0.6) is 5.75 Å². The first kappa shape index (κ1) is 13.2. The number of benzene rings is 1. The topological polar surface area (TPSA) is 41.5 Å². The van der Waals surface area contributed by atoms with Gasteiger partial charge in [0.15, 0.2) is 0 Å². The van der Waals surface area contributed by atoms with Crippen LogP contribution in [0, 0.1) is 5.92 Å². The number of ether oxygens (including phenoxy) is 1. The normalized spacial score (nSPS) is 16.9. The van der Waals surface area contributed by atoms with E-state index in [1.807, 2.05) is 0 Å². The Morgan fingerprint density at radius 1 is 1.28 bits per heavy atom. The molecule has 1 atom stereocenters. The molecule has 0 aliphatic heterocycles. The van der Waals surface area contributed by atoms with E-state index >= 15 is 0 Å². The van der Waals surface area contributed by atoms with E-state index in [1.54, 1.807) is 12.1 Å². The van der Waals surface area contributed by atoms with Gasteiger partial charge in [-0.25, -0.2) is 0 Å². The van der Waals surface area contributed by atoms with Crippen molar-refractivity contribution in [2.24, 2.45) is 5.92 Å². The van der Waals surface area contributed by atoms with E-state index < -0.39 is 6.61 Å². The molecule has 2 N–H and O–H groups in total. The van der Waals surface area contributed by atoms with Crippen molar-refractivity contribution in [1.29, 1.82) is 0 Å². The van der Waals surface area contributed by atoms with Gasteiger partial charge in [0.05, 0.1) is 12.6 Å². The highest BCUT2D eigenvalue weighted by atomic mass is 19.3. The summed E-state index contributed by atoms with van der Waals surface area (Å²) < 4.78 is 28.3. The number of hydrogen-bond donors (Lipinski definition) is 2. The van der Waals surface area contributed by atoms with Gasteiger partial charge in [0.1, 0.15) is 5.75 Å². The molecule has 1 aliphatic rings. The molecule has 1 fully saturated rings. The molecule has 0 heterocycles. The zero-order chi connectivity index (χ0) is 13.0. The van der Waals surface area contributed by atoms with E-state index in [1.165, 1.54) is 25.0 Å². The molecular formula is C13H17F2NO2. The van der Waals surface area contributed by atoms with Crippen LogP contribution in [0.1, 0.15) is 24.4 Å². The zero-order valence-corrected chi connectivity index (χ0v) is 9.98. The summed E-state index contributed by atoms with van der Waals surface area (Å²) in [5.74, 6) is 0.855. The van der Waals surface area contributed by atoms with E-state index in [4.69, 9.17) is 0 Å². The Hall–Kier alpha value is -1.20. The predicted molar refractivity (Wildman–Crippen MR) is 63.6 cm³/mol. The van der Waals surface area contributed by atoms with Crippen LogP contribution in [0.25, 0.3) is 0 Å². The summed E-state index contributed by atoms with van der Waals surface area (Å²) in [6.07, 6.45) is 2.48. The Balaban J connectivity index is 1.92. The van der Waals surface area contributed by atoms with Crippen LogP contribution < -0.4 is 10.1 Å². The Bertz CT molecular complexity index is 366. The Labute approximate surface area is 105 Å². The molecule has 1 saturated carbocycles. The van der Waals surface area contributed by atoms with Gasteiger partial charge in [0, 0.05) is 0 Å². The lowest BCUT2D eigenvalue weighted by atomic mass is 10.1. The molecule has 0 radical (unpaired) electrons. The first-order valence-corrected chi connectivity index (χ1v) is 6.08. The second-order valence-electron chi connectivity index (χ2n) is 4.53. The Morgan fingerprint density at radius 2 is 1.94 bits per heavy atom. The third kappa shape index (κ3) is 3.92. The molecule has 1 aromatic carbocycles. The summed E-state index contributed by atoms with van der Waals surface area (Å²) in [5, 5.41) is 12.6. The molecule has 0 amide bonds. The van der Waals surface area contributed by atoms with Crippen LogP contribution in [0.4, 0.5) is 8.78 Å². The Kier molecular flexibility index (Phi) is 4.49. The second kappa shape index (κ2) is 6.11. The van der Waals surface area contributed by atoms with Gasteiger partial charge in [0.2, 0.25) is 0 Å². The summed E-state index contributed by atoms with van der Waals surface area (Å²) in [6.45, 7) is -1.93. The maximum atomic E-state index is 12.0. The number of alkyl halides is 2. The molecule has 100 valence electrons. The van der Waals surface area contributed by atoms with Gasteiger partial charge >= 0.3 is 6.61 Å². The van der Waals surface area contributed by atoms with Crippen LogP contribution in [-0.2, 0) is 0 Å². The average molecular weight is 257 g/mol. The lowest BCUT2D eigenvalue weighted by Crippen LogP contribution is -2.26. The van der Waals surface area contributed by atoms with E-state index in [0.717, 1.165) is 18.0 Å². The van der Waals surface area contributed by atoms with Crippen molar-refractivity contribution in [3.63, 3.8) is 0 Å².